The van der Waals surface area contributed by atoms with Crippen molar-refractivity contribution in [2.24, 2.45) is 5.41 Å². The molecule has 3 atom stereocenters. The Balaban J connectivity index is 2.36. The van der Waals surface area contributed by atoms with Gasteiger partial charge in [0.15, 0.2) is 11.5 Å². The number of carboxylic acid groups (broad SMARTS) is 1. The molecule has 8 heteroatoms. The number of aliphatic hydroxyl groups is 1. The van der Waals surface area contributed by atoms with E-state index in [1.54, 1.807) is 20.8 Å². The van der Waals surface area contributed by atoms with Gasteiger partial charge in [0.1, 0.15) is 6.10 Å². The lowest BCUT2D eigenvalue weighted by molar-refractivity contribution is -0.272. The van der Waals surface area contributed by atoms with Crippen LogP contribution in [0.4, 0.5) is 0 Å². The van der Waals surface area contributed by atoms with E-state index in [9.17, 15) is 24.6 Å². The zero-order chi connectivity index (χ0) is 23.5. The monoisotopic (exact) mass is 434 g/mol. The molecule has 1 aliphatic heterocycles. The van der Waals surface area contributed by atoms with Gasteiger partial charge in [-0.3, -0.25) is 9.59 Å². The quantitative estimate of drug-likeness (QED) is 0.546. The van der Waals surface area contributed by atoms with Gasteiger partial charge in [-0.2, -0.15) is 0 Å². The summed E-state index contributed by atoms with van der Waals surface area (Å²) in [7, 11) is 0. The van der Waals surface area contributed by atoms with E-state index in [1.807, 2.05) is 13.8 Å². The summed E-state index contributed by atoms with van der Waals surface area (Å²) in [6.45, 7) is 11.5. The summed E-state index contributed by atoms with van der Waals surface area (Å²) in [5.74, 6) is -4.04. The van der Waals surface area contributed by atoms with Gasteiger partial charge in [0, 0.05) is 36.8 Å². The number of aromatic carboxylic acids is 1. The molecule has 0 spiro atoms. The summed E-state index contributed by atoms with van der Waals surface area (Å²) in [6, 6.07) is 1.48. The van der Waals surface area contributed by atoms with E-state index >= 15 is 0 Å². The molecule has 1 aliphatic carbocycles. The minimum Gasteiger partial charge on any atom is -0.478 e. The van der Waals surface area contributed by atoms with Crippen LogP contribution in [0.25, 0.3) is 0 Å². The van der Waals surface area contributed by atoms with E-state index in [0.29, 0.717) is 12.0 Å². The van der Waals surface area contributed by atoms with Crippen LogP contribution in [0.1, 0.15) is 88.7 Å². The van der Waals surface area contributed by atoms with Crippen LogP contribution in [0.2, 0.25) is 0 Å². The number of fused-ring (bicyclic) bond motifs is 3. The summed E-state index contributed by atoms with van der Waals surface area (Å²) in [6.07, 6.45) is -0.0779. The predicted molar refractivity (Wildman–Crippen MR) is 110 cm³/mol. The molecule has 1 fully saturated rings. The van der Waals surface area contributed by atoms with Crippen molar-refractivity contribution in [3.63, 3.8) is 0 Å². The second-order valence-corrected chi connectivity index (χ2v) is 9.70. The number of carbonyl (C=O) groups excluding carboxylic acids is 2. The number of benzene rings is 1. The van der Waals surface area contributed by atoms with Crippen molar-refractivity contribution in [1.82, 2.24) is 0 Å². The molecule has 8 nitrogen and oxygen atoms in total. The van der Waals surface area contributed by atoms with Gasteiger partial charge in [0.05, 0.1) is 11.0 Å². The van der Waals surface area contributed by atoms with Crippen LogP contribution < -0.4 is 9.47 Å². The van der Waals surface area contributed by atoms with Gasteiger partial charge in [-0.25, -0.2) is 4.79 Å². The van der Waals surface area contributed by atoms with Crippen LogP contribution in [0.5, 0.6) is 11.5 Å². The number of esters is 2. The Morgan fingerprint density at radius 2 is 1.74 bits per heavy atom. The molecule has 31 heavy (non-hydrogen) atoms. The number of rotatable bonds is 4. The molecule has 1 heterocycles. The highest BCUT2D eigenvalue weighted by atomic mass is 16.6. The van der Waals surface area contributed by atoms with Crippen LogP contribution in [0.15, 0.2) is 6.07 Å². The third-order valence-electron chi connectivity index (χ3n) is 6.54. The van der Waals surface area contributed by atoms with E-state index in [4.69, 9.17) is 14.2 Å². The first-order chi connectivity index (χ1) is 14.1. The number of ether oxygens (including phenoxy) is 3. The highest BCUT2D eigenvalue weighted by Gasteiger charge is 2.69. The van der Waals surface area contributed by atoms with Crippen LogP contribution >= 0.6 is 0 Å². The van der Waals surface area contributed by atoms with Crippen molar-refractivity contribution in [1.29, 1.82) is 0 Å². The molecule has 1 saturated carbocycles. The van der Waals surface area contributed by atoms with Gasteiger partial charge in [0.25, 0.3) is 0 Å². The Bertz CT molecular complexity index is 963. The molecule has 0 unspecified atom stereocenters. The fourth-order valence-corrected chi connectivity index (χ4v) is 5.26. The van der Waals surface area contributed by atoms with E-state index in [2.05, 4.69) is 0 Å². The molecule has 0 aromatic heterocycles. The highest BCUT2D eigenvalue weighted by Crippen LogP contribution is 2.65. The lowest BCUT2D eigenvalue weighted by atomic mass is 9.56. The SMILES string of the molecule is CC(=O)Oc1c(C(C)C)cc(C(=O)O)c2c1O[C@]1(O)C(C)(C)C[C@H](OC(C)=O)C[C@]21C. The van der Waals surface area contributed by atoms with E-state index < -0.39 is 40.6 Å². The minimum atomic E-state index is -1.81. The number of hydrogen-bond donors (Lipinski definition) is 2. The molecule has 2 aliphatic rings. The minimum absolute atomic E-state index is 0.0349. The lowest BCUT2D eigenvalue weighted by Crippen LogP contribution is -2.65. The maximum atomic E-state index is 12.3. The van der Waals surface area contributed by atoms with Gasteiger partial charge < -0.3 is 24.4 Å². The lowest BCUT2D eigenvalue weighted by Gasteiger charge is -2.53. The van der Waals surface area contributed by atoms with E-state index in [0.717, 1.165) is 0 Å². The molecule has 1 aromatic rings. The molecule has 0 amide bonds. The predicted octanol–water partition coefficient (Wildman–Crippen LogP) is 3.52. The maximum absolute atomic E-state index is 12.3. The zero-order valence-corrected chi connectivity index (χ0v) is 19.0. The largest absolute Gasteiger partial charge is 0.478 e. The molecule has 2 N–H and O–H groups in total. The van der Waals surface area contributed by atoms with E-state index in [-0.39, 0.29) is 35.0 Å². The van der Waals surface area contributed by atoms with Gasteiger partial charge in [0.2, 0.25) is 5.79 Å². The summed E-state index contributed by atoms with van der Waals surface area (Å²) in [5, 5.41) is 21.9. The second kappa shape index (κ2) is 7.22. The van der Waals surface area contributed by atoms with Crippen molar-refractivity contribution in [2.45, 2.75) is 84.5 Å². The number of carbonyl (C=O) groups is 3. The van der Waals surface area contributed by atoms with Gasteiger partial charge in [-0.15, -0.1) is 0 Å². The molecule has 0 saturated heterocycles. The molecule has 0 bridgehead atoms. The van der Waals surface area contributed by atoms with Crippen LogP contribution in [-0.4, -0.2) is 40.0 Å². The van der Waals surface area contributed by atoms with E-state index in [1.165, 1.54) is 19.9 Å². The molecule has 170 valence electrons. The van der Waals surface area contributed by atoms with Crippen molar-refractivity contribution in [2.75, 3.05) is 0 Å². The standard InChI is InChI=1S/C23H30O8/c1-11(2)15-8-16(20(26)27)17-19(18(15)30-13(4)25)31-23(28)21(5,6)9-14(29-12(3)24)10-22(17,23)7/h8,11,14,28H,9-10H2,1-7H3,(H,26,27)/t14-,22+,23+/m0/s1. The molecular weight excluding hydrogens is 404 g/mol. The van der Waals surface area contributed by atoms with Crippen molar-refractivity contribution in [3.05, 3.63) is 22.8 Å². The Hall–Kier alpha value is -2.61. The Morgan fingerprint density at radius 1 is 1.13 bits per heavy atom. The summed E-state index contributed by atoms with van der Waals surface area (Å²) in [4.78, 5) is 35.8. The van der Waals surface area contributed by atoms with Gasteiger partial charge in [-0.1, -0.05) is 27.7 Å². The smallest absolute Gasteiger partial charge is 0.336 e. The molecule has 3 rings (SSSR count). The Morgan fingerprint density at radius 3 is 2.23 bits per heavy atom. The summed E-state index contributed by atoms with van der Waals surface area (Å²) < 4.78 is 17.1. The normalized spacial score (nSPS) is 28.4. The highest BCUT2D eigenvalue weighted by molar-refractivity contribution is 5.93. The van der Waals surface area contributed by atoms with Crippen molar-refractivity contribution in [3.8, 4) is 11.5 Å². The summed E-state index contributed by atoms with van der Waals surface area (Å²) in [5.41, 5.74) is -1.45. The zero-order valence-electron chi connectivity index (χ0n) is 19.0. The fourth-order valence-electron chi connectivity index (χ4n) is 5.26. The molecular formula is C23H30O8. The Kier molecular flexibility index (Phi) is 5.37. The average molecular weight is 434 g/mol. The Labute approximate surface area is 181 Å². The van der Waals surface area contributed by atoms with Crippen molar-refractivity contribution < 1.29 is 38.8 Å². The average Bonchev–Trinajstić information content (AvgIpc) is 2.83. The van der Waals surface area contributed by atoms with Crippen LogP contribution in [0.3, 0.4) is 0 Å². The first-order valence-electron chi connectivity index (χ1n) is 10.4. The first kappa shape index (κ1) is 23.1. The third kappa shape index (κ3) is 3.37. The number of carboxylic acids is 1. The first-order valence-corrected chi connectivity index (χ1v) is 10.4. The van der Waals surface area contributed by atoms with Gasteiger partial charge in [-0.05, 0) is 25.3 Å². The molecule has 0 radical (unpaired) electrons. The summed E-state index contributed by atoms with van der Waals surface area (Å²) >= 11 is 0. The molecule has 1 aromatic carbocycles. The third-order valence-corrected chi connectivity index (χ3v) is 6.54. The topological polar surface area (TPSA) is 119 Å². The van der Waals surface area contributed by atoms with Gasteiger partial charge >= 0.3 is 17.9 Å². The van der Waals surface area contributed by atoms with Crippen molar-refractivity contribution >= 4 is 17.9 Å². The maximum Gasteiger partial charge on any atom is 0.336 e. The number of hydrogen-bond acceptors (Lipinski definition) is 7. The van der Waals surface area contributed by atoms with Crippen LogP contribution in [-0.2, 0) is 19.7 Å². The fraction of sp³-hybridized carbons (Fsp3) is 0.609. The second-order valence-electron chi connectivity index (χ2n) is 9.70. The van der Waals surface area contributed by atoms with Crippen LogP contribution in [0, 0.1) is 5.41 Å².